The monoisotopic (exact) mass is 134 g/mol. The molecule has 1 fully saturated rings. The smallest absolute Gasteiger partial charge is 0.214 e. The van der Waals surface area contributed by atoms with Crippen molar-refractivity contribution in [2.24, 2.45) is 0 Å². The third-order valence-electron chi connectivity index (χ3n) is 0.789. The number of rotatable bonds is 0. The zero-order valence-corrected chi connectivity index (χ0v) is 5.36. The maximum Gasteiger partial charge on any atom is 0.214 e. The Balaban J connectivity index is 0.000000222. The molecule has 0 N–H and O–H groups in total. The van der Waals surface area contributed by atoms with E-state index in [9.17, 15) is 0 Å². The second kappa shape index (κ2) is 7.27. The summed E-state index contributed by atoms with van der Waals surface area (Å²) in [5, 5.41) is 0. The molecule has 0 aromatic heterocycles. The molecule has 1 aliphatic rings. The molecule has 0 aromatic rings. The molecule has 46 valence electrons. The van der Waals surface area contributed by atoms with Crippen molar-refractivity contribution in [3.8, 4) is 0 Å². The fraction of sp³-hybridized carbons (Fsp3) is 1.00. The summed E-state index contributed by atoms with van der Waals surface area (Å²) in [7, 11) is 3.97. The molecule has 0 aliphatic carbocycles. The van der Waals surface area contributed by atoms with Crippen LogP contribution in [0.25, 0.3) is 0 Å². The summed E-state index contributed by atoms with van der Waals surface area (Å²) in [5.41, 5.74) is 0. The van der Waals surface area contributed by atoms with Crippen molar-refractivity contribution < 1.29 is 9.78 Å². The van der Waals surface area contributed by atoms with Crippen molar-refractivity contribution in [1.82, 2.24) is 0 Å². The molecule has 1 aliphatic heterocycles. The average Bonchev–Trinajstić information content (AvgIpc) is 1.96. The second-order valence-electron chi connectivity index (χ2n) is 1.35. The van der Waals surface area contributed by atoms with Crippen molar-refractivity contribution in [3.05, 3.63) is 0 Å². The van der Waals surface area contributed by atoms with E-state index in [-0.39, 0.29) is 0 Å². The average molecular weight is 134 g/mol. The van der Waals surface area contributed by atoms with Gasteiger partial charge in [-0.15, -0.1) is 0 Å². The van der Waals surface area contributed by atoms with E-state index in [0.29, 0.717) is 0 Å². The third-order valence-corrected chi connectivity index (χ3v) is 0.789. The predicted molar refractivity (Wildman–Crippen MR) is 32.7 cm³/mol. The van der Waals surface area contributed by atoms with Crippen molar-refractivity contribution in [2.75, 3.05) is 13.2 Å². The lowest BCUT2D eigenvalue weighted by atomic mass is 10.3. The minimum absolute atomic E-state index is 0.778. The Labute approximate surface area is 55.4 Å². The van der Waals surface area contributed by atoms with Crippen molar-refractivity contribution in [1.29, 1.82) is 0 Å². The largest absolute Gasteiger partial charge is 0.237 e. The Hall–Kier alpha value is 0.275. The van der Waals surface area contributed by atoms with Gasteiger partial charge in [0.05, 0.1) is 13.2 Å². The van der Waals surface area contributed by atoms with Crippen LogP contribution in [0.3, 0.4) is 0 Å². The van der Waals surface area contributed by atoms with Gasteiger partial charge in [0.2, 0.25) is 7.26 Å². The van der Waals surface area contributed by atoms with Crippen LogP contribution < -0.4 is 0 Å². The highest BCUT2D eigenvalue weighted by Gasteiger charge is 1.95. The summed E-state index contributed by atoms with van der Waals surface area (Å²) < 4.78 is 0. The zero-order valence-electron chi connectivity index (χ0n) is 4.60. The lowest BCUT2D eigenvalue weighted by Gasteiger charge is -2.07. The second-order valence-corrected chi connectivity index (χ2v) is 1.35. The number of halogens is 1. The molecule has 2 nitrogen and oxygen atoms in total. The first-order valence-corrected chi connectivity index (χ1v) is 2.90. The highest BCUT2D eigenvalue weighted by molar-refractivity contribution is 6.80. The van der Waals surface area contributed by atoms with Crippen LogP contribution in [0.2, 0.25) is 0 Å². The minimum Gasteiger partial charge on any atom is -0.237 e. The van der Waals surface area contributed by atoms with Gasteiger partial charge >= 0.3 is 0 Å². The van der Waals surface area contributed by atoms with Crippen molar-refractivity contribution >= 4 is 18.7 Å². The number of hydrogen-bond acceptors (Lipinski definition) is 2. The van der Waals surface area contributed by atoms with Crippen LogP contribution in [0.1, 0.15) is 12.8 Å². The SMILES string of the molecule is C1CCOOC1.[B]Cl. The maximum absolute atomic E-state index is 4.57. The molecule has 1 saturated heterocycles. The molecule has 0 spiro atoms. The molecule has 8 heavy (non-hydrogen) atoms. The zero-order chi connectivity index (χ0) is 6.24. The molecular weight excluding hydrogens is 126 g/mol. The molecule has 1 heterocycles. The highest BCUT2D eigenvalue weighted by atomic mass is 35.5. The van der Waals surface area contributed by atoms with E-state index in [4.69, 9.17) is 0 Å². The summed E-state index contributed by atoms with van der Waals surface area (Å²) in [6.07, 6.45) is 2.31. The van der Waals surface area contributed by atoms with Gasteiger partial charge < -0.3 is 0 Å². The lowest BCUT2D eigenvalue weighted by molar-refractivity contribution is -0.312. The van der Waals surface area contributed by atoms with Crippen molar-refractivity contribution in [3.63, 3.8) is 0 Å². The van der Waals surface area contributed by atoms with Gasteiger partial charge in [-0.1, -0.05) is 0 Å². The molecule has 0 atom stereocenters. The van der Waals surface area contributed by atoms with Gasteiger partial charge in [0.15, 0.2) is 0 Å². The summed E-state index contributed by atoms with van der Waals surface area (Å²) in [6, 6.07) is 0. The Bertz CT molecular complexity index is 29.5. The van der Waals surface area contributed by atoms with E-state index in [1.165, 1.54) is 0 Å². The first-order chi connectivity index (χ1) is 4.00. The maximum atomic E-state index is 4.57. The van der Waals surface area contributed by atoms with Crippen LogP contribution >= 0.6 is 11.5 Å². The third kappa shape index (κ3) is 4.43. The fourth-order valence-corrected chi connectivity index (χ4v) is 0.440. The molecule has 0 aromatic carbocycles. The summed E-state index contributed by atoms with van der Waals surface area (Å²) >= 11 is 4.14. The van der Waals surface area contributed by atoms with Gasteiger partial charge in [-0.3, -0.25) is 0 Å². The summed E-state index contributed by atoms with van der Waals surface area (Å²) in [5.74, 6) is 0. The van der Waals surface area contributed by atoms with Crippen LogP contribution in [0, 0.1) is 0 Å². The van der Waals surface area contributed by atoms with Gasteiger partial charge in [-0.05, 0) is 12.8 Å². The van der Waals surface area contributed by atoms with Gasteiger partial charge in [0, 0.05) is 0 Å². The molecule has 0 bridgehead atoms. The molecule has 0 unspecified atom stereocenters. The number of hydrogen-bond donors (Lipinski definition) is 0. The summed E-state index contributed by atoms with van der Waals surface area (Å²) in [4.78, 5) is 9.14. The minimum atomic E-state index is 0.778. The highest BCUT2D eigenvalue weighted by Crippen LogP contribution is 1.97. The normalized spacial score (nSPS) is 18.6. The Morgan fingerprint density at radius 2 is 1.38 bits per heavy atom. The van der Waals surface area contributed by atoms with Crippen LogP contribution in [-0.4, -0.2) is 20.5 Å². The van der Waals surface area contributed by atoms with Crippen molar-refractivity contribution in [2.45, 2.75) is 12.8 Å². The summed E-state index contributed by atoms with van der Waals surface area (Å²) in [6.45, 7) is 1.56. The van der Waals surface area contributed by atoms with E-state index < -0.39 is 0 Å². The van der Waals surface area contributed by atoms with E-state index in [1.807, 2.05) is 0 Å². The Morgan fingerprint density at radius 1 is 1.00 bits per heavy atom. The Morgan fingerprint density at radius 3 is 1.50 bits per heavy atom. The van der Waals surface area contributed by atoms with Gasteiger partial charge in [0.1, 0.15) is 0 Å². The molecule has 4 heteroatoms. The van der Waals surface area contributed by atoms with E-state index in [2.05, 4.69) is 28.5 Å². The van der Waals surface area contributed by atoms with Gasteiger partial charge in [-0.2, -0.15) is 0 Å². The Kier molecular flexibility index (Phi) is 7.52. The molecule has 1 rings (SSSR count). The first kappa shape index (κ1) is 8.27. The predicted octanol–water partition coefficient (Wildman–Crippen LogP) is 1.04. The molecule has 2 radical (unpaired) electrons. The molecule has 0 saturated carbocycles. The van der Waals surface area contributed by atoms with E-state index >= 15 is 0 Å². The van der Waals surface area contributed by atoms with E-state index in [0.717, 1.165) is 26.1 Å². The quantitative estimate of drug-likeness (QED) is 0.364. The first-order valence-electron chi connectivity index (χ1n) is 2.46. The van der Waals surface area contributed by atoms with Gasteiger partial charge in [0.25, 0.3) is 0 Å². The fourth-order valence-electron chi connectivity index (χ4n) is 0.440. The molecule has 0 amide bonds. The van der Waals surface area contributed by atoms with Crippen LogP contribution in [0.4, 0.5) is 0 Å². The van der Waals surface area contributed by atoms with Crippen LogP contribution in [0.15, 0.2) is 0 Å². The van der Waals surface area contributed by atoms with Crippen LogP contribution in [-0.2, 0) is 9.78 Å². The molecular formula is C4H8BClO2. The lowest BCUT2D eigenvalue weighted by Crippen LogP contribution is -2.05. The standard InChI is InChI=1S/C4H8O2.BCl/c1-2-4-6-5-3-1;1-2/h1-4H2;. The van der Waals surface area contributed by atoms with E-state index in [1.54, 1.807) is 0 Å². The van der Waals surface area contributed by atoms with Crippen LogP contribution in [0.5, 0.6) is 0 Å². The van der Waals surface area contributed by atoms with Gasteiger partial charge in [-0.25, -0.2) is 21.2 Å². The topological polar surface area (TPSA) is 18.5 Å².